The number of hydrogen-bond acceptors (Lipinski definition) is 4. The summed E-state index contributed by atoms with van der Waals surface area (Å²) in [5.74, 6) is 0.00109. The number of fused-ring (bicyclic) bond motifs is 1. The minimum atomic E-state index is 0.00109. The Morgan fingerprint density at radius 1 is 1.17 bits per heavy atom. The Bertz CT molecular complexity index is 539. The number of thiophene rings is 1. The van der Waals surface area contributed by atoms with Crippen molar-refractivity contribution in [3.8, 4) is 0 Å². The van der Waals surface area contributed by atoms with Crippen LogP contribution in [0.25, 0.3) is 0 Å². The topological polar surface area (TPSA) is 42.9 Å². The third kappa shape index (κ3) is 2.20. The lowest BCUT2D eigenvalue weighted by Gasteiger charge is -1.95. The second-order valence-corrected chi connectivity index (χ2v) is 5.68. The zero-order valence-electron chi connectivity index (χ0n) is 10.1. The predicted molar refractivity (Wildman–Crippen MR) is 71.0 cm³/mol. The van der Waals surface area contributed by atoms with E-state index in [0.717, 1.165) is 17.7 Å². The van der Waals surface area contributed by atoms with E-state index in [4.69, 9.17) is 0 Å². The summed E-state index contributed by atoms with van der Waals surface area (Å²) in [5, 5.41) is 0. The predicted octanol–water partition coefficient (Wildman–Crippen LogP) is 3.04. The second kappa shape index (κ2) is 4.98. The van der Waals surface area contributed by atoms with Crippen molar-refractivity contribution in [3.05, 3.63) is 45.7 Å². The van der Waals surface area contributed by atoms with Crippen LogP contribution in [0.2, 0.25) is 0 Å². The van der Waals surface area contributed by atoms with Crippen LogP contribution in [0.15, 0.2) is 24.7 Å². The summed E-state index contributed by atoms with van der Waals surface area (Å²) in [6.07, 6.45) is 10.7. The summed E-state index contributed by atoms with van der Waals surface area (Å²) in [5.41, 5.74) is 1.80. The first-order chi connectivity index (χ1) is 8.84. The molecule has 0 aromatic carbocycles. The molecule has 2 aromatic rings. The summed E-state index contributed by atoms with van der Waals surface area (Å²) in [7, 11) is 0. The van der Waals surface area contributed by atoms with Gasteiger partial charge in [0.25, 0.3) is 0 Å². The molecule has 1 aliphatic carbocycles. The molecule has 0 radical (unpaired) electrons. The highest BCUT2D eigenvalue weighted by atomic mass is 32.1. The zero-order chi connectivity index (χ0) is 12.4. The number of rotatable bonds is 2. The van der Waals surface area contributed by atoms with E-state index in [1.54, 1.807) is 23.7 Å². The van der Waals surface area contributed by atoms with Crippen molar-refractivity contribution in [2.24, 2.45) is 0 Å². The van der Waals surface area contributed by atoms with Crippen molar-refractivity contribution in [1.82, 2.24) is 9.97 Å². The fourth-order valence-electron chi connectivity index (χ4n) is 2.32. The van der Waals surface area contributed by atoms with Crippen molar-refractivity contribution in [2.75, 3.05) is 0 Å². The lowest BCUT2D eigenvalue weighted by atomic mass is 10.1. The minimum absolute atomic E-state index is 0.00109. The Labute approximate surface area is 110 Å². The van der Waals surface area contributed by atoms with Crippen LogP contribution in [0.4, 0.5) is 0 Å². The SMILES string of the molecule is O=C(c1cnccn1)c1cc2c(s1)CCCCC2. The first kappa shape index (κ1) is 11.5. The van der Waals surface area contributed by atoms with Gasteiger partial charge >= 0.3 is 0 Å². The smallest absolute Gasteiger partial charge is 0.222 e. The van der Waals surface area contributed by atoms with Gasteiger partial charge < -0.3 is 0 Å². The molecule has 1 aliphatic rings. The lowest BCUT2D eigenvalue weighted by molar-refractivity contribution is 0.103. The number of aryl methyl sites for hydroxylation is 2. The van der Waals surface area contributed by atoms with Crippen LogP contribution in [0, 0.1) is 0 Å². The Hall–Kier alpha value is -1.55. The highest BCUT2D eigenvalue weighted by molar-refractivity contribution is 7.14. The largest absolute Gasteiger partial charge is 0.286 e. The molecule has 2 aromatic heterocycles. The van der Waals surface area contributed by atoms with Crippen molar-refractivity contribution < 1.29 is 4.79 Å². The van der Waals surface area contributed by atoms with Crippen molar-refractivity contribution >= 4 is 17.1 Å². The Kier molecular flexibility index (Phi) is 3.19. The Balaban J connectivity index is 1.91. The third-order valence-corrected chi connectivity index (χ3v) is 4.50. The number of nitrogens with zero attached hydrogens (tertiary/aromatic N) is 2. The normalized spacial score (nSPS) is 14.9. The maximum atomic E-state index is 12.3. The molecule has 0 spiro atoms. The van der Waals surface area contributed by atoms with Crippen molar-refractivity contribution in [2.45, 2.75) is 32.1 Å². The van der Waals surface area contributed by atoms with E-state index < -0.39 is 0 Å². The maximum Gasteiger partial charge on any atom is 0.222 e. The van der Waals surface area contributed by atoms with Crippen LogP contribution in [-0.4, -0.2) is 15.8 Å². The Morgan fingerprint density at radius 3 is 2.89 bits per heavy atom. The highest BCUT2D eigenvalue weighted by Gasteiger charge is 2.18. The van der Waals surface area contributed by atoms with E-state index in [2.05, 4.69) is 16.0 Å². The zero-order valence-corrected chi connectivity index (χ0v) is 10.9. The van der Waals surface area contributed by atoms with Crippen LogP contribution in [0.1, 0.15) is 45.1 Å². The van der Waals surface area contributed by atoms with Crippen molar-refractivity contribution in [3.63, 3.8) is 0 Å². The standard InChI is InChI=1S/C14H14N2OS/c17-14(11-9-15-6-7-16-11)13-8-10-4-2-1-3-5-12(10)18-13/h6-9H,1-5H2. The second-order valence-electron chi connectivity index (χ2n) is 4.54. The quantitative estimate of drug-likeness (QED) is 0.614. The van der Waals surface area contributed by atoms with Gasteiger partial charge in [0.2, 0.25) is 5.78 Å². The molecule has 2 heterocycles. The van der Waals surface area contributed by atoms with Gasteiger partial charge in [0, 0.05) is 17.3 Å². The molecule has 0 unspecified atom stereocenters. The van der Waals surface area contributed by atoms with Gasteiger partial charge in [-0.1, -0.05) is 6.42 Å². The highest BCUT2D eigenvalue weighted by Crippen LogP contribution is 2.29. The number of hydrogen-bond donors (Lipinski definition) is 0. The van der Waals surface area contributed by atoms with E-state index in [-0.39, 0.29) is 5.78 Å². The maximum absolute atomic E-state index is 12.3. The molecule has 92 valence electrons. The van der Waals surface area contributed by atoms with Gasteiger partial charge in [-0.2, -0.15) is 0 Å². The summed E-state index contributed by atoms with van der Waals surface area (Å²) in [4.78, 5) is 22.5. The average molecular weight is 258 g/mol. The van der Waals surface area contributed by atoms with Crippen LogP contribution in [0.5, 0.6) is 0 Å². The molecule has 4 heteroatoms. The molecule has 0 fully saturated rings. The van der Waals surface area contributed by atoms with Gasteiger partial charge in [0.05, 0.1) is 11.1 Å². The van der Waals surface area contributed by atoms with E-state index in [9.17, 15) is 4.79 Å². The van der Waals surface area contributed by atoms with Crippen LogP contribution in [-0.2, 0) is 12.8 Å². The van der Waals surface area contributed by atoms with Gasteiger partial charge in [-0.05, 0) is 37.3 Å². The van der Waals surface area contributed by atoms with Gasteiger partial charge in [-0.3, -0.25) is 9.78 Å². The number of carbonyl (C=O) groups excluding carboxylic acids is 1. The van der Waals surface area contributed by atoms with Crippen molar-refractivity contribution in [1.29, 1.82) is 0 Å². The molecule has 0 N–H and O–H groups in total. The fraction of sp³-hybridized carbons (Fsp3) is 0.357. The van der Waals surface area contributed by atoms with Crippen LogP contribution in [0.3, 0.4) is 0 Å². The molecule has 18 heavy (non-hydrogen) atoms. The molecular formula is C14H14N2OS. The molecule has 0 atom stereocenters. The number of aromatic nitrogens is 2. The minimum Gasteiger partial charge on any atom is -0.286 e. The first-order valence-corrected chi connectivity index (χ1v) is 7.08. The molecular weight excluding hydrogens is 244 g/mol. The summed E-state index contributed by atoms with van der Waals surface area (Å²) in [6, 6.07) is 2.06. The molecule has 0 aliphatic heterocycles. The fourth-order valence-corrected chi connectivity index (χ4v) is 3.52. The molecule has 0 saturated heterocycles. The van der Waals surface area contributed by atoms with Gasteiger partial charge in [-0.25, -0.2) is 4.98 Å². The molecule has 3 nitrogen and oxygen atoms in total. The lowest BCUT2D eigenvalue weighted by Crippen LogP contribution is -2.01. The van der Waals surface area contributed by atoms with Crippen LogP contribution < -0.4 is 0 Å². The summed E-state index contributed by atoms with van der Waals surface area (Å²) in [6.45, 7) is 0. The number of ketones is 1. The van der Waals surface area contributed by atoms with Gasteiger partial charge in [-0.15, -0.1) is 11.3 Å². The summed E-state index contributed by atoms with van der Waals surface area (Å²) >= 11 is 1.63. The van der Waals surface area contributed by atoms with Crippen LogP contribution >= 0.6 is 11.3 Å². The average Bonchev–Trinajstić information content (AvgIpc) is 2.70. The summed E-state index contributed by atoms with van der Waals surface area (Å²) < 4.78 is 0. The molecule has 3 rings (SSSR count). The monoisotopic (exact) mass is 258 g/mol. The molecule has 0 bridgehead atoms. The van der Waals surface area contributed by atoms with Gasteiger partial charge in [0.1, 0.15) is 5.69 Å². The third-order valence-electron chi connectivity index (χ3n) is 3.27. The first-order valence-electron chi connectivity index (χ1n) is 6.27. The van der Waals surface area contributed by atoms with E-state index >= 15 is 0 Å². The number of carbonyl (C=O) groups is 1. The molecule has 0 saturated carbocycles. The van der Waals surface area contributed by atoms with E-state index in [1.165, 1.54) is 35.9 Å². The van der Waals surface area contributed by atoms with E-state index in [0.29, 0.717) is 5.69 Å². The van der Waals surface area contributed by atoms with E-state index in [1.807, 2.05) is 0 Å². The Morgan fingerprint density at radius 2 is 2.06 bits per heavy atom. The molecule has 0 amide bonds. The van der Waals surface area contributed by atoms with Gasteiger partial charge in [0.15, 0.2) is 0 Å².